The van der Waals surface area contributed by atoms with Gasteiger partial charge in [0.15, 0.2) is 0 Å². The number of aryl methyl sites for hydroxylation is 1. The molecule has 1 fully saturated rings. The number of rotatable bonds is 4. The number of carbonyl (C=O) groups excluding carboxylic acids is 1. The molecular formula is C21H24FN5O2. The molecule has 1 aromatic carbocycles. The Kier molecular flexibility index (Phi) is 5.17. The zero-order chi connectivity index (χ0) is 20.5. The molecule has 3 heterocycles. The van der Waals surface area contributed by atoms with Crippen molar-refractivity contribution in [2.75, 3.05) is 13.1 Å². The summed E-state index contributed by atoms with van der Waals surface area (Å²) in [5.41, 5.74) is 1.94. The number of likely N-dealkylation sites (tertiary alicyclic amines) is 1. The Balaban J connectivity index is 1.43. The minimum atomic E-state index is -0.300. The highest BCUT2D eigenvalue weighted by atomic mass is 19.1. The number of nitrogens with zero attached hydrogens (tertiary/aromatic N) is 5. The van der Waals surface area contributed by atoms with Crippen LogP contribution < -0.4 is 0 Å². The highest BCUT2D eigenvalue weighted by Crippen LogP contribution is 2.29. The molecule has 8 heteroatoms. The van der Waals surface area contributed by atoms with Gasteiger partial charge in [0.1, 0.15) is 11.5 Å². The van der Waals surface area contributed by atoms with Crippen LogP contribution in [0.1, 0.15) is 60.8 Å². The zero-order valence-corrected chi connectivity index (χ0v) is 16.8. The topological polar surface area (TPSA) is 77.1 Å². The molecule has 1 aliphatic heterocycles. The lowest BCUT2D eigenvalue weighted by atomic mass is 9.96. The van der Waals surface area contributed by atoms with Crippen molar-refractivity contribution >= 4 is 5.91 Å². The predicted molar refractivity (Wildman–Crippen MR) is 105 cm³/mol. The van der Waals surface area contributed by atoms with Crippen molar-refractivity contribution in [1.29, 1.82) is 0 Å². The van der Waals surface area contributed by atoms with Gasteiger partial charge in [0, 0.05) is 37.5 Å². The SMILES string of the molecule is CC(C)c1nnc(C2CCN(C(=O)c3cc(-c4ccc(F)cc4)nn3C)CC2)o1. The molecule has 0 radical (unpaired) electrons. The van der Waals surface area contributed by atoms with E-state index in [4.69, 9.17) is 4.42 Å². The van der Waals surface area contributed by atoms with Gasteiger partial charge in [-0.2, -0.15) is 5.10 Å². The first-order valence-electron chi connectivity index (χ1n) is 9.85. The fourth-order valence-electron chi connectivity index (χ4n) is 3.57. The minimum Gasteiger partial charge on any atom is -0.425 e. The van der Waals surface area contributed by atoms with Gasteiger partial charge in [-0.1, -0.05) is 13.8 Å². The number of hydrogen-bond acceptors (Lipinski definition) is 5. The maximum Gasteiger partial charge on any atom is 0.272 e. The maximum absolute atomic E-state index is 13.2. The highest BCUT2D eigenvalue weighted by Gasteiger charge is 2.29. The van der Waals surface area contributed by atoms with Gasteiger partial charge in [0.05, 0.1) is 5.69 Å². The molecule has 3 aromatic rings. The number of aromatic nitrogens is 4. The van der Waals surface area contributed by atoms with Gasteiger partial charge in [-0.3, -0.25) is 9.48 Å². The monoisotopic (exact) mass is 397 g/mol. The van der Waals surface area contributed by atoms with Gasteiger partial charge < -0.3 is 9.32 Å². The quantitative estimate of drug-likeness (QED) is 0.670. The van der Waals surface area contributed by atoms with Gasteiger partial charge in [-0.05, 0) is 43.2 Å². The molecule has 152 valence electrons. The van der Waals surface area contributed by atoms with E-state index in [1.165, 1.54) is 12.1 Å². The third kappa shape index (κ3) is 3.92. The first-order chi connectivity index (χ1) is 13.9. The molecule has 2 aromatic heterocycles. The molecule has 0 bridgehead atoms. The number of carbonyl (C=O) groups is 1. The Labute approximate surface area is 168 Å². The van der Waals surface area contributed by atoms with Crippen molar-refractivity contribution in [1.82, 2.24) is 24.9 Å². The maximum atomic E-state index is 13.2. The van der Waals surface area contributed by atoms with E-state index in [2.05, 4.69) is 15.3 Å². The Morgan fingerprint density at radius 1 is 1.17 bits per heavy atom. The summed E-state index contributed by atoms with van der Waals surface area (Å²) in [4.78, 5) is 14.8. The average Bonchev–Trinajstić information content (AvgIpc) is 3.35. The lowest BCUT2D eigenvalue weighted by Crippen LogP contribution is -2.38. The van der Waals surface area contributed by atoms with Crippen LogP contribution in [-0.2, 0) is 7.05 Å². The van der Waals surface area contributed by atoms with E-state index in [0.717, 1.165) is 18.4 Å². The summed E-state index contributed by atoms with van der Waals surface area (Å²) in [7, 11) is 1.75. The van der Waals surface area contributed by atoms with Crippen molar-refractivity contribution in [3.05, 3.63) is 53.6 Å². The van der Waals surface area contributed by atoms with Crippen LogP contribution in [0, 0.1) is 5.82 Å². The van der Waals surface area contributed by atoms with Crippen molar-refractivity contribution in [2.45, 2.75) is 38.5 Å². The second-order valence-corrected chi connectivity index (χ2v) is 7.75. The Morgan fingerprint density at radius 2 is 1.86 bits per heavy atom. The van der Waals surface area contributed by atoms with Crippen molar-refractivity contribution in [3.8, 4) is 11.3 Å². The summed E-state index contributed by atoms with van der Waals surface area (Å²) in [6.07, 6.45) is 1.57. The number of amides is 1. The van der Waals surface area contributed by atoms with E-state index in [0.29, 0.717) is 36.3 Å². The van der Waals surface area contributed by atoms with Crippen LogP contribution in [0.5, 0.6) is 0 Å². The molecule has 29 heavy (non-hydrogen) atoms. The second-order valence-electron chi connectivity index (χ2n) is 7.75. The molecule has 0 atom stereocenters. The van der Waals surface area contributed by atoms with Crippen LogP contribution in [0.4, 0.5) is 4.39 Å². The molecule has 1 amide bonds. The van der Waals surface area contributed by atoms with Crippen LogP contribution in [0.2, 0.25) is 0 Å². The smallest absolute Gasteiger partial charge is 0.272 e. The van der Waals surface area contributed by atoms with Gasteiger partial charge in [-0.15, -0.1) is 10.2 Å². The average molecular weight is 397 g/mol. The van der Waals surface area contributed by atoms with Gasteiger partial charge >= 0.3 is 0 Å². The van der Waals surface area contributed by atoms with E-state index in [-0.39, 0.29) is 23.6 Å². The predicted octanol–water partition coefficient (Wildman–Crippen LogP) is 3.75. The Morgan fingerprint density at radius 3 is 2.48 bits per heavy atom. The normalized spacial score (nSPS) is 15.3. The number of benzene rings is 1. The van der Waals surface area contributed by atoms with Crippen molar-refractivity contribution in [3.63, 3.8) is 0 Å². The Hall–Kier alpha value is -3.03. The first kappa shape index (κ1) is 19.3. The van der Waals surface area contributed by atoms with Crippen LogP contribution in [-0.4, -0.2) is 43.9 Å². The van der Waals surface area contributed by atoms with E-state index >= 15 is 0 Å². The van der Waals surface area contributed by atoms with Gasteiger partial charge in [-0.25, -0.2) is 4.39 Å². The molecule has 0 aliphatic carbocycles. The van der Waals surface area contributed by atoms with Crippen LogP contribution in [0.25, 0.3) is 11.3 Å². The standard InChI is InChI=1S/C21H24FN5O2/c1-13(2)19-23-24-20(29-19)15-8-10-27(11-9-15)21(28)18-12-17(25-26(18)3)14-4-6-16(22)7-5-14/h4-7,12-13,15H,8-11H2,1-3H3. The summed E-state index contributed by atoms with van der Waals surface area (Å²) in [5, 5.41) is 12.7. The third-order valence-electron chi connectivity index (χ3n) is 5.32. The number of piperidine rings is 1. The van der Waals surface area contributed by atoms with Crippen LogP contribution >= 0.6 is 0 Å². The largest absolute Gasteiger partial charge is 0.425 e. The molecule has 0 unspecified atom stereocenters. The molecule has 0 saturated carbocycles. The first-order valence-corrected chi connectivity index (χ1v) is 9.85. The lowest BCUT2D eigenvalue weighted by Gasteiger charge is -2.30. The van der Waals surface area contributed by atoms with Gasteiger partial charge in [0.25, 0.3) is 5.91 Å². The molecule has 0 spiro atoms. The summed E-state index contributed by atoms with van der Waals surface area (Å²) in [6.45, 7) is 5.29. The van der Waals surface area contributed by atoms with E-state index in [1.807, 2.05) is 18.7 Å². The second kappa shape index (κ2) is 7.77. The molecule has 1 saturated heterocycles. The van der Waals surface area contributed by atoms with Crippen LogP contribution in [0.15, 0.2) is 34.7 Å². The molecule has 0 N–H and O–H groups in total. The number of halogens is 1. The summed E-state index contributed by atoms with van der Waals surface area (Å²) < 4.78 is 20.5. The fraction of sp³-hybridized carbons (Fsp3) is 0.429. The highest BCUT2D eigenvalue weighted by molar-refractivity contribution is 5.93. The fourth-order valence-corrected chi connectivity index (χ4v) is 3.57. The summed E-state index contributed by atoms with van der Waals surface area (Å²) in [6, 6.07) is 7.85. The molecule has 7 nitrogen and oxygen atoms in total. The zero-order valence-electron chi connectivity index (χ0n) is 16.8. The molecular weight excluding hydrogens is 373 g/mol. The van der Waals surface area contributed by atoms with Gasteiger partial charge in [0.2, 0.25) is 11.8 Å². The van der Waals surface area contributed by atoms with Crippen molar-refractivity contribution in [2.24, 2.45) is 7.05 Å². The van der Waals surface area contributed by atoms with Crippen LogP contribution in [0.3, 0.4) is 0 Å². The molecule has 1 aliphatic rings. The van der Waals surface area contributed by atoms with E-state index in [1.54, 1.807) is 29.9 Å². The minimum absolute atomic E-state index is 0.0554. The summed E-state index contributed by atoms with van der Waals surface area (Å²) >= 11 is 0. The van der Waals surface area contributed by atoms with Crippen molar-refractivity contribution < 1.29 is 13.6 Å². The summed E-state index contributed by atoms with van der Waals surface area (Å²) in [5.74, 6) is 1.35. The third-order valence-corrected chi connectivity index (χ3v) is 5.32. The van der Waals surface area contributed by atoms with E-state index in [9.17, 15) is 9.18 Å². The van der Waals surface area contributed by atoms with E-state index < -0.39 is 0 Å². The molecule has 4 rings (SSSR count). The Bertz CT molecular complexity index is 1000. The lowest BCUT2D eigenvalue weighted by molar-refractivity contribution is 0.0694. The number of hydrogen-bond donors (Lipinski definition) is 0.